The lowest BCUT2D eigenvalue weighted by Gasteiger charge is -2.05. The number of hydrogen-bond donors (Lipinski definition) is 4. The molecule has 1 heterocycles. The Hall–Kier alpha value is -2.86. The Morgan fingerprint density at radius 1 is 1.18 bits per heavy atom. The van der Waals surface area contributed by atoms with Gasteiger partial charge >= 0.3 is 0 Å². The van der Waals surface area contributed by atoms with Crippen LogP contribution in [0, 0.1) is 5.41 Å². The first-order chi connectivity index (χ1) is 10.0. The molecule has 0 atom stereocenters. The average Bonchev–Trinajstić information content (AvgIpc) is 2.46. The van der Waals surface area contributed by atoms with Gasteiger partial charge in [-0.1, -0.05) is 18.2 Å². The number of nitrogens with zero attached hydrogens (tertiary/aromatic N) is 1. The molecule has 7 heteroatoms. The van der Waals surface area contributed by atoms with Crippen LogP contribution in [-0.2, 0) is 0 Å². The maximum Gasteiger partial charge on any atom is 0.262 e. The summed E-state index contributed by atoms with van der Waals surface area (Å²) in [6.07, 6.45) is 1.29. The molecular formula is C15H13ClN4O2. The highest BCUT2D eigenvalue weighted by atomic mass is 35.5. The molecule has 0 aliphatic carbocycles. The summed E-state index contributed by atoms with van der Waals surface area (Å²) in [5, 5.41) is 18.5. The van der Waals surface area contributed by atoms with Crippen molar-refractivity contribution in [2.24, 2.45) is 5.73 Å². The van der Waals surface area contributed by atoms with Crippen LogP contribution in [0.4, 0.5) is 0 Å². The van der Waals surface area contributed by atoms with Crippen molar-refractivity contribution < 1.29 is 5.11 Å². The minimum absolute atomic E-state index is 0. The van der Waals surface area contributed by atoms with Crippen LogP contribution >= 0.6 is 12.4 Å². The van der Waals surface area contributed by atoms with Gasteiger partial charge in [0.25, 0.3) is 5.56 Å². The number of nitrogens with two attached hydrogens (primary N) is 1. The molecule has 0 saturated carbocycles. The van der Waals surface area contributed by atoms with E-state index >= 15 is 0 Å². The Morgan fingerprint density at radius 3 is 2.55 bits per heavy atom. The molecule has 5 N–H and O–H groups in total. The summed E-state index contributed by atoms with van der Waals surface area (Å²) in [5.41, 5.74) is 5.63. The number of phenolic OH excluding ortho intramolecular Hbond substituents is 1. The first-order valence-corrected chi connectivity index (χ1v) is 6.21. The van der Waals surface area contributed by atoms with Crippen molar-refractivity contribution >= 4 is 29.0 Å². The number of nitrogens with one attached hydrogen (secondary N) is 2. The van der Waals surface area contributed by atoms with Crippen molar-refractivity contribution in [2.75, 3.05) is 0 Å². The van der Waals surface area contributed by atoms with E-state index in [4.69, 9.17) is 11.1 Å². The molecule has 0 amide bonds. The molecular weight excluding hydrogens is 304 g/mol. The van der Waals surface area contributed by atoms with Gasteiger partial charge in [0.15, 0.2) is 0 Å². The van der Waals surface area contributed by atoms with Crippen LogP contribution in [0.2, 0.25) is 0 Å². The van der Waals surface area contributed by atoms with Crippen molar-refractivity contribution in [1.29, 1.82) is 5.41 Å². The van der Waals surface area contributed by atoms with E-state index in [9.17, 15) is 9.90 Å². The van der Waals surface area contributed by atoms with Crippen LogP contribution in [0.15, 0.2) is 47.4 Å². The highest BCUT2D eigenvalue weighted by Gasteiger charge is 2.07. The van der Waals surface area contributed by atoms with E-state index in [0.29, 0.717) is 5.82 Å². The number of amidine groups is 1. The van der Waals surface area contributed by atoms with Crippen molar-refractivity contribution in [2.45, 2.75) is 0 Å². The largest absolute Gasteiger partial charge is 0.508 e. The maximum absolute atomic E-state index is 11.8. The third kappa shape index (κ3) is 2.77. The summed E-state index contributed by atoms with van der Waals surface area (Å²) >= 11 is 0. The predicted molar refractivity (Wildman–Crippen MR) is 87.7 cm³/mol. The number of benzene rings is 2. The van der Waals surface area contributed by atoms with Gasteiger partial charge in [-0.05, 0) is 29.0 Å². The third-order valence-corrected chi connectivity index (χ3v) is 3.19. The topological polar surface area (TPSA) is 116 Å². The number of halogens is 1. The monoisotopic (exact) mass is 316 g/mol. The molecule has 0 spiro atoms. The van der Waals surface area contributed by atoms with E-state index in [1.165, 1.54) is 6.20 Å². The highest BCUT2D eigenvalue weighted by Crippen LogP contribution is 2.24. The van der Waals surface area contributed by atoms with Crippen LogP contribution < -0.4 is 11.3 Å². The quantitative estimate of drug-likeness (QED) is 0.427. The molecule has 22 heavy (non-hydrogen) atoms. The number of aromatic hydroxyl groups is 1. The number of aromatic amines is 1. The summed E-state index contributed by atoms with van der Waals surface area (Å²) in [6, 6.07) is 10.5. The molecule has 1 aromatic heterocycles. The normalized spacial score (nSPS) is 10.2. The molecule has 0 radical (unpaired) electrons. The molecule has 0 unspecified atom stereocenters. The number of nitrogen functional groups attached to an aromatic ring is 1. The van der Waals surface area contributed by atoms with Crippen molar-refractivity contribution in [3.63, 3.8) is 0 Å². The van der Waals surface area contributed by atoms with Crippen LogP contribution in [0.5, 0.6) is 5.75 Å². The second kappa shape index (κ2) is 5.87. The summed E-state index contributed by atoms with van der Waals surface area (Å²) < 4.78 is 0. The number of phenols is 1. The second-order valence-electron chi connectivity index (χ2n) is 4.63. The molecule has 3 aromatic rings. The molecule has 112 valence electrons. The standard InChI is InChI=1S/C15H12N4O2.ClH/c16-13(17)12-7-18-14(19-15(12)21)10-2-1-9-6-11(20)4-3-8(9)5-10;/h1-7,20H,(H3,16,17)(H,18,19,21);1H. The highest BCUT2D eigenvalue weighted by molar-refractivity contribution is 5.94. The second-order valence-corrected chi connectivity index (χ2v) is 4.63. The lowest BCUT2D eigenvalue weighted by atomic mass is 10.1. The Labute approximate surface area is 131 Å². The fraction of sp³-hybridized carbons (Fsp3) is 0. The molecule has 0 bridgehead atoms. The SMILES string of the molecule is Cl.N=C(N)c1cnc(-c2ccc3cc(O)ccc3c2)[nH]c1=O. The van der Waals surface area contributed by atoms with Gasteiger partial charge in [-0.3, -0.25) is 10.2 Å². The predicted octanol–water partition coefficient (Wildman–Crippen LogP) is 2.00. The van der Waals surface area contributed by atoms with Crippen LogP contribution in [0.25, 0.3) is 22.2 Å². The van der Waals surface area contributed by atoms with Gasteiger partial charge in [0.05, 0.1) is 5.56 Å². The minimum atomic E-state index is -0.446. The number of fused-ring (bicyclic) bond motifs is 1. The molecule has 0 fully saturated rings. The van der Waals surface area contributed by atoms with Gasteiger partial charge in [-0.25, -0.2) is 4.98 Å². The van der Waals surface area contributed by atoms with Gasteiger partial charge < -0.3 is 15.8 Å². The fourth-order valence-corrected chi connectivity index (χ4v) is 2.11. The van der Waals surface area contributed by atoms with E-state index < -0.39 is 5.56 Å². The Kier molecular flexibility index (Phi) is 4.14. The van der Waals surface area contributed by atoms with E-state index in [1.807, 2.05) is 12.1 Å². The lowest BCUT2D eigenvalue weighted by molar-refractivity contribution is 0.476. The zero-order valence-corrected chi connectivity index (χ0v) is 12.1. The Bertz CT molecular complexity index is 921. The van der Waals surface area contributed by atoms with Crippen molar-refractivity contribution in [3.8, 4) is 17.1 Å². The van der Waals surface area contributed by atoms with Gasteiger partial charge in [0.2, 0.25) is 0 Å². The van der Waals surface area contributed by atoms with Gasteiger partial charge in [-0.2, -0.15) is 0 Å². The Balaban J connectivity index is 0.00000176. The molecule has 0 saturated heterocycles. The van der Waals surface area contributed by atoms with Gasteiger partial charge in [0, 0.05) is 11.8 Å². The first-order valence-electron chi connectivity index (χ1n) is 6.21. The molecule has 2 aromatic carbocycles. The first kappa shape index (κ1) is 15.5. The Morgan fingerprint density at radius 2 is 1.86 bits per heavy atom. The van der Waals surface area contributed by atoms with Crippen LogP contribution in [0.1, 0.15) is 5.56 Å². The van der Waals surface area contributed by atoms with E-state index in [0.717, 1.165) is 16.3 Å². The van der Waals surface area contributed by atoms with E-state index in [2.05, 4.69) is 9.97 Å². The maximum atomic E-state index is 11.8. The van der Waals surface area contributed by atoms with Crippen molar-refractivity contribution in [1.82, 2.24) is 9.97 Å². The summed E-state index contributed by atoms with van der Waals surface area (Å²) in [7, 11) is 0. The molecule has 6 nitrogen and oxygen atoms in total. The van der Waals surface area contributed by atoms with Gasteiger partial charge in [-0.15, -0.1) is 12.4 Å². The minimum Gasteiger partial charge on any atom is -0.508 e. The number of hydrogen-bond acceptors (Lipinski definition) is 4. The molecule has 0 aliphatic rings. The summed E-state index contributed by atoms with van der Waals surface area (Å²) in [6.45, 7) is 0. The zero-order valence-electron chi connectivity index (χ0n) is 11.3. The molecule has 3 rings (SSSR count). The smallest absolute Gasteiger partial charge is 0.262 e. The van der Waals surface area contributed by atoms with E-state index in [-0.39, 0.29) is 29.6 Å². The fourth-order valence-electron chi connectivity index (χ4n) is 2.11. The molecule has 0 aliphatic heterocycles. The average molecular weight is 317 g/mol. The number of aromatic nitrogens is 2. The number of rotatable bonds is 2. The summed E-state index contributed by atoms with van der Waals surface area (Å²) in [5.74, 6) is 0.289. The van der Waals surface area contributed by atoms with Crippen LogP contribution in [0.3, 0.4) is 0 Å². The summed E-state index contributed by atoms with van der Waals surface area (Å²) in [4.78, 5) is 18.6. The third-order valence-electron chi connectivity index (χ3n) is 3.19. The van der Waals surface area contributed by atoms with Gasteiger partial charge in [0.1, 0.15) is 17.4 Å². The lowest BCUT2D eigenvalue weighted by Crippen LogP contribution is -2.24. The van der Waals surface area contributed by atoms with E-state index in [1.54, 1.807) is 24.3 Å². The zero-order chi connectivity index (χ0) is 15.0. The van der Waals surface area contributed by atoms with Crippen LogP contribution in [-0.4, -0.2) is 20.9 Å². The van der Waals surface area contributed by atoms with Crippen molar-refractivity contribution in [3.05, 3.63) is 58.5 Å². The number of H-pyrrole nitrogens is 1.